The summed E-state index contributed by atoms with van der Waals surface area (Å²) >= 11 is 3.41. The standard InChI is InChI=1S/C13H16BrN3O/c1-9(2)17-7-12(15)16-13(17)8-18-11-5-3-4-10(14)6-11/h3-7,9H,8,15H2,1-2H3. The van der Waals surface area contributed by atoms with Gasteiger partial charge in [0.25, 0.3) is 0 Å². The van der Waals surface area contributed by atoms with E-state index in [4.69, 9.17) is 10.5 Å². The minimum Gasteiger partial charge on any atom is -0.486 e. The predicted molar refractivity (Wildman–Crippen MR) is 75.5 cm³/mol. The molecule has 0 unspecified atom stereocenters. The van der Waals surface area contributed by atoms with Crippen molar-refractivity contribution in [3.05, 3.63) is 40.8 Å². The number of benzene rings is 1. The average molecular weight is 310 g/mol. The van der Waals surface area contributed by atoms with Crippen molar-refractivity contribution in [3.63, 3.8) is 0 Å². The number of hydrogen-bond donors (Lipinski definition) is 1. The lowest BCUT2D eigenvalue weighted by atomic mass is 10.3. The molecule has 0 amide bonds. The first-order valence-electron chi connectivity index (χ1n) is 5.78. The van der Waals surface area contributed by atoms with Crippen LogP contribution in [0.4, 0.5) is 5.82 Å². The quantitative estimate of drug-likeness (QED) is 0.942. The molecule has 0 bridgehead atoms. The molecule has 0 aliphatic rings. The number of ether oxygens (including phenoxy) is 1. The fourth-order valence-corrected chi connectivity index (χ4v) is 2.09. The Morgan fingerprint density at radius 2 is 2.22 bits per heavy atom. The highest BCUT2D eigenvalue weighted by Crippen LogP contribution is 2.20. The van der Waals surface area contributed by atoms with E-state index in [0.29, 0.717) is 18.5 Å². The maximum Gasteiger partial charge on any atom is 0.149 e. The summed E-state index contributed by atoms with van der Waals surface area (Å²) in [6, 6.07) is 8.04. The third-order valence-electron chi connectivity index (χ3n) is 2.55. The summed E-state index contributed by atoms with van der Waals surface area (Å²) in [5.74, 6) is 2.17. The van der Waals surface area contributed by atoms with Gasteiger partial charge < -0.3 is 15.0 Å². The lowest BCUT2D eigenvalue weighted by Gasteiger charge is -2.12. The van der Waals surface area contributed by atoms with Crippen molar-refractivity contribution < 1.29 is 4.74 Å². The first-order valence-corrected chi connectivity index (χ1v) is 6.57. The van der Waals surface area contributed by atoms with Gasteiger partial charge in [0, 0.05) is 16.7 Å². The molecular weight excluding hydrogens is 294 g/mol. The van der Waals surface area contributed by atoms with Gasteiger partial charge in [-0.05, 0) is 32.0 Å². The van der Waals surface area contributed by atoms with Gasteiger partial charge in [-0.15, -0.1) is 0 Å². The smallest absolute Gasteiger partial charge is 0.149 e. The van der Waals surface area contributed by atoms with E-state index >= 15 is 0 Å². The Morgan fingerprint density at radius 1 is 1.44 bits per heavy atom. The van der Waals surface area contributed by atoms with Crippen LogP contribution in [0.1, 0.15) is 25.7 Å². The summed E-state index contributed by atoms with van der Waals surface area (Å²) < 4.78 is 8.72. The maximum atomic E-state index is 5.72. The molecule has 1 heterocycles. The monoisotopic (exact) mass is 309 g/mol. The molecule has 0 spiro atoms. The summed E-state index contributed by atoms with van der Waals surface area (Å²) in [6.07, 6.45) is 1.84. The van der Waals surface area contributed by atoms with Crippen molar-refractivity contribution >= 4 is 21.7 Å². The van der Waals surface area contributed by atoms with Crippen LogP contribution in [0.25, 0.3) is 0 Å². The highest BCUT2D eigenvalue weighted by molar-refractivity contribution is 9.10. The number of halogens is 1. The molecule has 2 aromatic rings. The van der Waals surface area contributed by atoms with E-state index in [2.05, 4.69) is 34.8 Å². The molecule has 0 saturated carbocycles. The zero-order valence-corrected chi connectivity index (χ0v) is 12.0. The number of rotatable bonds is 4. The Kier molecular flexibility index (Phi) is 3.91. The Morgan fingerprint density at radius 3 is 2.89 bits per heavy atom. The molecule has 0 aliphatic carbocycles. The number of imidazole rings is 1. The third kappa shape index (κ3) is 3.04. The molecule has 0 saturated heterocycles. The van der Waals surface area contributed by atoms with Gasteiger partial charge in [0.2, 0.25) is 0 Å². The largest absolute Gasteiger partial charge is 0.486 e. The van der Waals surface area contributed by atoms with E-state index in [1.807, 2.05) is 35.0 Å². The highest BCUT2D eigenvalue weighted by Gasteiger charge is 2.09. The van der Waals surface area contributed by atoms with Crippen LogP contribution in [0.15, 0.2) is 34.9 Å². The fraction of sp³-hybridized carbons (Fsp3) is 0.308. The number of nitrogen functional groups attached to an aromatic ring is 1. The topological polar surface area (TPSA) is 53.1 Å². The summed E-state index contributed by atoms with van der Waals surface area (Å²) in [5, 5.41) is 0. The number of hydrogen-bond acceptors (Lipinski definition) is 3. The van der Waals surface area contributed by atoms with Crippen molar-refractivity contribution in [3.8, 4) is 5.75 Å². The molecule has 0 fully saturated rings. The molecule has 4 nitrogen and oxygen atoms in total. The minimum absolute atomic E-state index is 0.316. The van der Waals surface area contributed by atoms with Crippen molar-refractivity contribution in [1.82, 2.24) is 9.55 Å². The molecule has 18 heavy (non-hydrogen) atoms. The van der Waals surface area contributed by atoms with Crippen LogP contribution in [-0.4, -0.2) is 9.55 Å². The number of nitrogens with zero attached hydrogens (tertiary/aromatic N) is 2. The number of aromatic nitrogens is 2. The zero-order valence-electron chi connectivity index (χ0n) is 10.4. The second-order valence-electron chi connectivity index (χ2n) is 4.33. The highest BCUT2D eigenvalue weighted by atomic mass is 79.9. The normalized spacial score (nSPS) is 10.9. The van der Waals surface area contributed by atoms with Crippen molar-refractivity contribution in [1.29, 1.82) is 0 Å². The van der Waals surface area contributed by atoms with E-state index in [1.165, 1.54) is 0 Å². The van der Waals surface area contributed by atoms with Crippen molar-refractivity contribution in [2.45, 2.75) is 26.5 Å². The molecule has 0 aliphatic heterocycles. The zero-order chi connectivity index (χ0) is 13.1. The minimum atomic E-state index is 0.316. The summed E-state index contributed by atoms with van der Waals surface area (Å²) in [4.78, 5) is 4.27. The summed E-state index contributed by atoms with van der Waals surface area (Å²) in [7, 11) is 0. The summed E-state index contributed by atoms with van der Waals surface area (Å²) in [5.41, 5.74) is 5.72. The Bertz CT molecular complexity index is 537. The Hall–Kier alpha value is -1.49. The van der Waals surface area contributed by atoms with Crippen LogP contribution in [0, 0.1) is 0 Å². The molecule has 2 N–H and O–H groups in total. The SMILES string of the molecule is CC(C)n1cc(N)nc1COc1cccc(Br)c1. The van der Waals surface area contributed by atoms with Crippen molar-refractivity contribution in [2.75, 3.05) is 5.73 Å². The van der Waals surface area contributed by atoms with Gasteiger partial charge in [0.05, 0.1) is 0 Å². The lowest BCUT2D eigenvalue weighted by molar-refractivity contribution is 0.286. The first kappa shape index (κ1) is 13.0. The predicted octanol–water partition coefficient (Wildman–Crippen LogP) is 3.39. The van der Waals surface area contributed by atoms with Gasteiger partial charge >= 0.3 is 0 Å². The second kappa shape index (κ2) is 5.44. The van der Waals surface area contributed by atoms with Gasteiger partial charge in [-0.25, -0.2) is 4.98 Å². The molecule has 0 atom stereocenters. The van der Waals surface area contributed by atoms with Crippen molar-refractivity contribution in [2.24, 2.45) is 0 Å². The van der Waals surface area contributed by atoms with Gasteiger partial charge in [-0.2, -0.15) is 0 Å². The van der Waals surface area contributed by atoms with Gasteiger partial charge in [-0.1, -0.05) is 22.0 Å². The van der Waals surface area contributed by atoms with E-state index in [-0.39, 0.29) is 0 Å². The van der Waals surface area contributed by atoms with E-state index < -0.39 is 0 Å². The molecule has 1 aromatic carbocycles. The van der Waals surface area contributed by atoms with Crippen LogP contribution < -0.4 is 10.5 Å². The van der Waals surface area contributed by atoms with Gasteiger partial charge in [0.15, 0.2) is 0 Å². The van der Waals surface area contributed by atoms with E-state index in [1.54, 1.807) is 0 Å². The average Bonchev–Trinajstić information content (AvgIpc) is 2.68. The Labute approximate surface area is 115 Å². The first-order chi connectivity index (χ1) is 8.56. The fourth-order valence-electron chi connectivity index (χ4n) is 1.71. The Balaban J connectivity index is 2.10. The van der Waals surface area contributed by atoms with Crippen LogP contribution in [0.2, 0.25) is 0 Å². The van der Waals surface area contributed by atoms with Gasteiger partial charge in [0.1, 0.15) is 24.0 Å². The third-order valence-corrected chi connectivity index (χ3v) is 3.04. The van der Waals surface area contributed by atoms with Crippen LogP contribution in [0.5, 0.6) is 5.75 Å². The van der Waals surface area contributed by atoms with Crippen LogP contribution in [0.3, 0.4) is 0 Å². The van der Waals surface area contributed by atoms with Gasteiger partial charge in [-0.3, -0.25) is 0 Å². The maximum absolute atomic E-state index is 5.72. The molecule has 1 aromatic heterocycles. The molecular formula is C13H16BrN3O. The lowest BCUT2D eigenvalue weighted by Crippen LogP contribution is -2.08. The summed E-state index contributed by atoms with van der Waals surface area (Å²) in [6.45, 7) is 4.58. The molecule has 96 valence electrons. The van der Waals surface area contributed by atoms with Crippen LogP contribution >= 0.6 is 15.9 Å². The van der Waals surface area contributed by atoms with E-state index in [0.717, 1.165) is 16.0 Å². The molecule has 5 heteroatoms. The number of nitrogens with two attached hydrogens (primary N) is 1. The van der Waals surface area contributed by atoms with E-state index in [9.17, 15) is 0 Å². The van der Waals surface area contributed by atoms with Crippen LogP contribution in [-0.2, 0) is 6.61 Å². The second-order valence-corrected chi connectivity index (χ2v) is 5.24. The molecule has 0 radical (unpaired) electrons. The number of anilines is 1. The molecule has 2 rings (SSSR count).